The number of aromatic amines is 1. The van der Waals surface area contributed by atoms with Gasteiger partial charge in [0.1, 0.15) is 0 Å². The maximum Gasteiger partial charge on any atom is 0.207 e. The summed E-state index contributed by atoms with van der Waals surface area (Å²) in [5.41, 5.74) is 1.47. The summed E-state index contributed by atoms with van der Waals surface area (Å²) in [4.78, 5) is 11.3. The summed E-state index contributed by atoms with van der Waals surface area (Å²) >= 11 is 5.89. The van der Waals surface area contributed by atoms with Gasteiger partial charge in [-0.3, -0.25) is 9.89 Å². The fourth-order valence-corrected chi connectivity index (χ4v) is 1.37. The van der Waals surface area contributed by atoms with E-state index in [9.17, 15) is 4.79 Å². The molecule has 4 heteroatoms. The van der Waals surface area contributed by atoms with Gasteiger partial charge in [0.15, 0.2) is 0 Å². The topological polar surface area (TPSA) is 45.8 Å². The number of halogens is 1. The summed E-state index contributed by atoms with van der Waals surface area (Å²) < 4.78 is 0. The summed E-state index contributed by atoms with van der Waals surface area (Å²) in [6.07, 6.45) is 1.26. The van der Waals surface area contributed by atoms with E-state index in [0.717, 1.165) is 5.56 Å². The number of nitrogens with zero attached hydrogens (tertiary/aromatic N) is 1. The Morgan fingerprint density at radius 1 is 1.46 bits per heavy atom. The van der Waals surface area contributed by atoms with E-state index in [1.165, 1.54) is 6.20 Å². The molecule has 3 nitrogen and oxygen atoms in total. The van der Waals surface area contributed by atoms with Gasteiger partial charge >= 0.3 is 0 Å². The van der Waals surface area contributed by atoms with Crippen LogP contribution in [0.1, 0.15) is 5.56 Å². The number of fused-ring (bicyclic) bond motifs is 1. The van der Waals surface area contributed by atoms with Gasteiger partial charge < -0.3 is 0 Å². The summed E-state index contributed by atoms with van der Waals surface area (Å²) in [5, 5.41) is 7.67. The van der Waals surface area contributed by atoms with Crippen LogP contribution in [0.2, 0.25) is 5.02 Å². The highest BCUT2D eigenvalue weighted by atomic mass is 35.5. The zero-order chi connectivity index (χ0) is 9.42. The van der Waals surface area contributed by atoms with Crippen LogP contribution in [0.4, 0.5) is 0 Å². The Labute approximate surface area is 79.4 Å². The number of rotatable bonds is 0. The number of hydrogen-bond acceptors (Lipinski definition) is 2. The molecule has 0 amide bonds. The molecule has 13 heavy (non-hydrogen) atoms. The SMILES string of the molecule is Cc1cc2c(=O)cn[nH]c2cc1Cl. The van der Waals surface area contributed by atoms with Gasteiger partial charge in [-0.2, -0.15) is 5.10 Å². The molecule has 0 saturated carbocycles. The van der Waals surface area contributed by atoms with E-state index in [0.29, 0.717) is 15.9 Å². The van der Waals surface area contributed by atoms with Gasteiger partial charge in [-0.25, -0.2) is 0 Å². The number of aryl methyl sites for hydroxylation is 1. The third-order valence-corrected chi connectivity index (χ3v) is 2.34. The van der Waals surface area contributed by atoms with Crippen molar-refractivity contribution in [2.24, 2.45) is 0 Å². The molecule has 0 spiro atoms. The van der Waals surface area contributed by atoms with Crippen molar-refractivity contribution in [2.75, 3.05) is 0 Å². The quantitative estimate of drug-likeness (QED) is 0.696. The zero-order valence-electron chi connectivity index (χ0n) is 6.97. The Kier molecular flexibility index (Phi) is 1.81. The molecular formula is C9H7ClN2O. The number of nitrogens with one attached hydrogen (secondary N) is 1. The highest BCUT2D eigenvalue weighted by molar-refractivity contribution is 6.32. The van der Waals surface area contributed by atoms with Crippen molar-refractivity contribution < 1.29 is 0 Å². The maximum absolute atomic E-state index is 11.3. The van der Waals surface area contributed by atoms with Crippen molar-refractivity contribution in [3.63, 3.8) is 0 Å². The second kappa shape index (κ2) is 2.85. The van der Waals surface area contributed by atoms with E-state index in [1.807, 2.05) is 6.92 Å². The second-order valence-electron chi connectivity index (χ2n) is 2.88. The molecule has 0 radical (unpaired) electrons. The van der Waals surface area contributed by atoms with Gasteiger partial charge in [0.05, 0.1) is 11.7 Å². The molecule has 0 fully saturated rings. The van der Waals surface area contributed by atoms with Crippen molar-refractivity contribution in [2.45, 2.75) is 6.92 Å². The predicted molar refractivity (Wildman–Crippen MR) is 52.1 cm³/mol. The van der Waals surface area contributed by atoms with Gasteiger partial charge in [0, 0.05) is 10.4 Å². The first-order valence-corrected chi connectivity index (χ1v) is 4.20. The highest BCUT2D eigenvalue weighted by Gasteiger charge is 2.01. The van der Waals surface area contributed by atoms with Crippen molar-refractivity contribution in [1.82, 2.24) is 10.2 Å². The monoisotopic (exact) mass is 194 g/mol. The minimum atomic E-state index is -0.0893. The fraction of sp³-hybridized carbons (Fsp3) is 0.111. The van der Waals surface area contributed by atoms with Crippen LogP contribution in [0.5, 0.6) is 0 Å². The van der Waals surface area contributed by atoms with Crippen LogP contribution in [0, 0.1) is 6.92 Å². The van der Waals surface area contributed by atoms with Crippen LogP contribution < -0.4 is 5.43 Å². The first-order chi connectivity index (χ1) is 6.18. The van der Waals surface area contributed by atoms with Crippen LogP contribution >= 0.6 is 11.6 Å². The lowest BCUT2D eigenvalue weighted by atomic mass is 10.1. The molecule has 0 atom stereocenters. The molecule has 0 aliphatic heterocycles. The van der Waals surface area contributed by atoms with Crippen LogP contribution in [-0.4, -0.2) is 10.2 Å². The van der Waals surface area contributed by atoms with Crippen molar-refractivity contribution in [3.8, 4) is 0 Å². The molecule has 2 aromatic rings. The third-order valence-electron chi connectivity index (χ3n) is 1.93. The van der Waals surface area contributed by atoms with Gasteiger partial charge in [-0.05, 0) is 24.6 Å². The van der Waals surface area contributed by atoms with Crippen LogP contribution in [0.25, 0.3) is 10.9 Å². The van der Waals surface area contributed by atoms with Gasteiger partial charge in [-0.1, -0.05) is 11.6 Å². The molecule has 1 aromatic carbocycles. The van der Waals surface area contributed by atoms with Gasteiger partial charge in [0.25, 0.3) is 0 Å². The molecule has 0 aliphatic rings. The smallest absolute Gasteiger partial charge is 0.207 e. The molecule has 1 heterocycles. The average molecular weight is 195 g/mol. The van der Waals surface area contributed by atoms with Crippen LogP contribution in [0.3, 0.4) is 0 Å². The van der Waals surface area contributed by atoms with Crippen LogP contribution in [0.15, 0.2) is 23.1 Å². The molecule has 1 aromatic heterocycles. The fourth-order valence-electron chi connectivity index (χ4n) is 1.21. The van der Waals surface area contributed by atoms with E-state index >= 15 is 0 Å². The van der Waals surface area contributed by atoms with Crippen molar-refractivity contribution in [3.05, 3.63) is 39.1 Å². The minimum absolute atomic E-state index is 0.0893. The molecule has 0 saturated heterocycles. The Morgan fingerprint density at radius 3 is 3.00 bits per heavy atom. The Balaban J connectivity index is 2.97. The summed E-state index contributed by atoms with van der Waals surface area (Å²) in [6.45, 7) is 1.86. The van der Waals surface area contributed by atoms with Crippen molar-refractivity contribution >= 4 is 22.5 Å². The summed E-state index contributed by atoms with van der Waals surface area (Å²) in [7, 11) is 0. The summed E-state index contributed by atoms with van der Waals surface area (Å²) in [6, 6.07) is 3.47. The normalized spacial score (nSPS) is 10.6. The summed E-state index contributed by atoms with van der Waals surface area (Å²) in [5.74, 6) is 0. The standard InChI is InChI=1S/C9H7ClN2O/c1-5-2-6-8(3-7(5)10)12-11-4-9(6)13/h2-4H,1H3,(H,12,13). The lowest BCUT2D eigenvalue weighted by Crippen LogP contribution is -2.03. The van der Waals surface area contributed by atoms with Crippen LogP contribution in [-0.2, 0) is 0 Å². The molecule has 0 bridgehead atoms. The zero-order valence-corrected chi connectivity index (χ0v) is 7.72. The van der Waals surface area contributed by atoms with Crippen molar-refractivity contribution in [1.29, 1.82) is 0 Å². The first kappa shape index (κ1) is 8.26. The first-order valence-electron chi connectivity index (χ1n) is 3.82. The van der Waals surface area contributed by atoms with E-state index in [2.05, 4.69) is 10.2 Å². The molecule has 1 N–H and O–H groups in total. The number of hydrogen-bond donors (Lipinski definition) is 1. The molecule has 0 unspecified atom stereocenters. The Hall–Kier alpha value is -1.35. The highest BCUT2D eigenvalue weighted by Crippen LogP contribution is 2.19. The van der Waals surface area contributed by atoms with E-state index in [4.69, 9.17) is 11.6 Å². The molecule has 0 aliphatic carbocycles. The predicted octanol–water partition coefficient (Wildman–Crippen LogP) is 1.88. The molecule has 2 rings (SSSR count). The van der Waals surface area contributed by atoms with E-state index < -0.39 is 0 Å². The third kappa shape index (κ3) is 1.31. The average Bonchev–Trinajstić information content (AvgIpc) is 2.09. The van der Waals surface area contributed by atoms with Gasteiger partial charge in [0.2, 0.25) is 5.43 Å². The molecular weight excluding hydrogens is 188 g/mol. The van der Waals surface area contributed by atoms with E-state index in [1.54, 1.807) is 12.1 Å². The minimum Gasteiger partial charge on any atom is -0.287 e. The lowest BCUT2D eigenvalue weighted by Gasteiger charge is -1.99. The maximum atomic E-state index is 11.3. The van der Waals surface area contributed by atoms with Gasteiger partial charge in [-0.15, -0.1) is 0 Å². The lowest BCUT2D eigenvalue weighted by molar-refractivity contribution is 1.06. The number of benzene rings is 1. The second-order valence-corrected chi connectivity index (χ2v) is 3.29. The molecule has 66 valence electrons. The number of H-pyrrole nitrogens is 1. The number of aromatic nitrogens is 2. The largest absolute Gasteiger partial charge is 0.287 e. The van der Waals surface area contributed by atoms with E-state index in [-0.39, 0.29) is 5.43 Å². The Morgan fingerprint density at radius 2 is 2.23 bits per heavy atom. The Bertz CT molecular complexity index is 518.